The van der Waals surface area contributed by atoms with Crippen molar-refractivity contribution in [2.75, 3.05) is 26.2 Å². The molecule has 0 spiro atoms. The molecule has 5 N–H and O–H groups in total. The van der Waals surface area contributed by atoms with Crippen molar-refractivity contribution < 1.29 is 81.4 Å². The molecule has 2 aliphatic heterocycles. The van der Waals surface area contributed by atoms with E-state index in [0.29, 0.717) is 16.3 Å². The van der Waals surface area contributed by atoms with Crippen LogP contribution in [-0.2, 0) is 49.0 Å². The quantitative estimate of drug-likeness (QED) is 0.0399. The van der Waals surface area contributed by atoms with Gasteiger partial charge in [0.25, 0.3) is 43.9 Å². The molecule has 24 heteroatoms. The molecule has 2 unspecified atom stereocenters. The fraction of sp³-hybridized carbons (Fsp3) is 0.385. The number of halogens is 5. The fourth-order valence-electron chi connectivity index (χ4n) is 3.65. The normalized spacial score (nSPS) is 15.3. The standard InChI is InChI=1S/C14H8F5NO7S.C10H14N2O6S.C2H7N/c15-9-10(16)12(18)14(13(19)11(9)17)27-8(23)3-5(28(24,25)26)4-20-6(21)1-2-7(20)22;1-2-11-8(13)5-7(19(16,17)18)6-12-9(14)3-4-10(12)15;1-2-3/h1-2,5H,3-4H2,(H,24,25,26);3-4,7H,2,5-6H2,1H3,(H,11,13)(H,16,17,18);2-3H2,1H3. The molecule has 5 amide bonds. The maximum absolute atomic E-state index is 13.5. The number of nitrogens with zero attached hydrogens (tertiary/aromatic N) is 2. The molecule has 0 aromatic heterocycles. The van der Waals surface area contributed by atoms with Crippen LogP contribution in [0.2, 0.25) is 0 Å². The second-order valence-corrected chi connectivity index (χ2v) is 13.1. The summed E-state index contributed by atoms with van der Waals surface area (Å²) in [7, 11) is -9.65. The summed E-state index contributed by atoms with van der Waals surface area (Å²) in [5, 5.41) is -1.34. The number of rotatable bonds is 12. The summed E-state index contributed by atoms with van der Waals surface area (Å²) in [6.07, 6.45) is 1.64. The van der Waals surface area contributed by atoms with Crippen molar-refractivity contribution in [1.29, 1.82) is 0 Å². The zero-order valence-electron chi connectivity index (χ0n) is 25.8. The second-order valence-electron chi connectivity index (χ2n) is 9.66. The summed E-state index contributed by atoms with van der Waals surface area (Å²) >= 11 is 0. The van der Waals surface area contributed by atoms with Gasteiger partial charge in [-0.1, -0.05) is 6.92 Å². The molecule has 0 aliphatic carbocycles. The van der Waals surface area contributed by atoms with E-state index in [-0.39, 0.29) is 0 Å². The molecule has 2 atom stereocenters. The lowest BCUT2D eigenvalue weighted by Crippen LogP contribution is -2.42. The Morgan fingerprint density at radius 2 is 1.04 bits per heavy atom. The van der Waals surface area contributed by atoms with Gasteiger partial charge in [0.15, 0.2) is 0 Å². The van der Waals surface area contributed by atoms with Crippen LogP contribution in [0.4, 0.5) is 22.0 Å². The van der Waals surface area contributed by atoms with Crippen molar-refractivity contribution in [3.8, 4) is 5.75 Å². The predicted molar refractivity (Wildman–Crippen MR) is 157 cm³/mol. The highest BCUT2D eigenvalue weighted by Gasteiger charge is 2.36. The molecule has 278 valence electrons. The molecule has 3 rings (SSSR count). The van der Waals surface area contributed by atoms with E-state index >= 15 is 0 Å². The average molecular weight is 765 g/mol. The van der Waals surface area contributed by atoms with Gasteiger partial charge in [0.05, 0.1) is 6.42 Å². The van der Waals surface area contributed by atoms with Gasteiger partial charge < -0.3 is 15.8 Å². The van der Waals surface area contributed by atoms with Crippen LogP contribution in [0.1, 0.15) is 26.7 Å². The summed E-state index contributed by atoms with van der Waals surface area (Å²) in [6.45, 7) is 3.02. The van der Waals surface area contributed by atoms with Gasteiger partial charge in [0, 0.05) is 50.4 Å². The van der Waals surface area contributed by atoms with Crippen molar-refractivity contribution in [3.63, 3.8) is 0 Å². The molecule has 0 saturated carbocycles. The number of benzene rings is 1. The Kier molecular flexibility index (Phi) is 15.9. The molecular formula is C26H29F5N4O13S2. The maximum Gasteiger partial charge on any atom is 0.312 e. The van der Waals surface area contributed by atoms with E-state index in [2.05, 4.69) is 10.1 Å². The van der Waals surface area contributed by atoms with E-state index in [0.717, 1.165) is 30.8 Å². The molecule has 2 heterocycles. The van der Waals surface area contributed by atoms with Crippen molar-refractivity contribution in [1.82, 2.24) is 15.1 Å². The van der Waals surface area contributed by atoms with Gasteiger partial charge in [0.1, 0.15) is 10.5 Å². The molecule has 50 heavy (non-hydrogen) atoms. The van der Waals surface area contributed by atoms with Crippen LogP contribution in [0.15, 0.2) is 24.3 Å². The van der Waals surface area contributed by atoms with Crippen molar-refractivity contribution in [3.05, 3.63) is 53.4 Å². The zero-order valence-corrected chi connectivity index (χ0v) is 27.4. The van der Waals surface area contributed by atoms with E-state index in [1.165, 1.54) is 0 Å². The van der Waals surface area contributed by atoms with Gasteiger partial charge in [-0.15, -0.1) is 0 Å². The highest BCUT2D eigenvalue weighted by Crippen LogP contribution is 2.29. The largest absolute Gasteiger partial charge is 0.420 e. The highest BCUT2D eigenvalue weighted by atomic mass is 32.2. The molecule has 1 aromatic rings. The van der Waals surface area contributed by atoms with Gasteiger partial charge in [-0.2, -0.15) is 25.6 Å². The minimum absolute atomic E-state index is 0.306. The number of carbonyl (C=O) groups is 6. The number of esters is 1. The molecule has 0 bridgehead atoms. The number of amides is 5. The van der Waals surface area contributed by atoms with Gasteiger partial charge in [-0.05, 0) is 13.5 Å². The third-order valence-electron chi connectivity index (χ3n) is 5.98. The molecule has 17 nitrogen and oxygen atoms in total. The third kappa shape index (κ3) is 12.0. The molecule has 0 radical (unpaired) electrons. The van der Waals surface area contributed by atoms with Crippen LogP contribution in [0.25, 0.3) is 0 Å². The van der Waals surface area contributed by atoms with Crippen molar-refractivity contribution in [2.24, 2.45) is 5.73 Å². The van der Waals surface area contributed by atoms with E-state index in [4.69, 9.17) is 14.8 Å². The maximum atomic E-state index is 13.5. The summed E-state index contributed by atoms with van der Waals surface area (Å²) in [5.74, 6) is -20.0. The lowest BCUT2D eigenvalue weighted by atomic mass is 10.2. The lowest BCUT2D eigenvalue weighted by molar-refractivity contribution is -0.139. The third-order valence-corrected chi connectivity index (χ3v) is 8.30. The SMILES string of the molecule is CCN.CCNC(=O)CC(CN1C(=O)C=CC1=O)S(=O)(=O)O.O=C(CC(CN1C(=O)C=CC1=O)S(=O)(=O)O)Oc1c(F)c(F)c(F)c(F)c1F. The minimum Gasteiger partial charge on any atom is -0.420 e. The molecule has 2 aliphatic rings. The summed E-state index contributed by atoms with van der Waals surface area (Å²) in [4.78, 5) is 69.5. The van der Waals surface area contributed by atoms with E-state index in [9.17, 15) is 67.6 Å². The number of nitrogens with two attached hydrogens (primary N) is 1. The topological polar surface area (TPSA) is 265 Å². The van der Waals surface area contributed by atoms with Crippen molar-refractivity contribution in [2.45, 2.75) is 37.2 Å². The number of carbonyl (C=O) groups excluding carboxylic acids is 6. The van der Waals surface area contributed by atoms with E-state index < -0.39 is 127 Å². The lowest BCUT2D eigenvalue weighted by Gasteiger charge is -2.19. The Hall–Kier alpha value is -4.65. The average Bonchev–Trinajstić information content (AvgIpc) is 3.50. The molecule has 0 saturated heterocycles. The molecule has 1 aromatic carbocycles. The van der Waals surface area contributed by atoms with Gasteiger partial charge in [-0.25, -0.2) is 13.2 Å². The Morgan fingerprint density at radius 3 is 1.36 bits per heavy atom. The summed E-state index contributed by atoms with van der Waals surface area (Å²) in [5.41, 5.74) is 4.85. The Labute approximate surface area is 280 Å². The first kappa shape index (κ1) is 43.4. The summed E-state index contributed by atoms with van der Waals surface area (Å²) < 4.78 is 133. The first-order valence-electron chi connectivity index (χ1n) is 13.7. The van der Waals surface area contributed by atoms with Crippen LogP contribution in [-0.4, -0.2) is 108 Å². The number of imide groups is 2. The number of nitrogens with one attached hydrogen (secondary N) is 1. The van der Waals surface area contributed by atoms with Gasteiger partial charge in [0.2, 0.25) is 40.7 Å². The van der Waals surface area contributed by atoms with E-state index in [1.54, 1.807) is 6.92 Å². The second kappa shape index (κ2) is 18.4. The van der Waals surface area contributed by atoms with Gasteiger partial charge in [-0.3, -0.25) is 47.7 Å². The van der Waals surface area contributed by atoms with Crippen LogP contribution in [0.5, 0.6) is 5.75 Å². The monoisotopic (exact) mass is 764 g/mol. The highest BCUT2D eigenvalue weighted by molar-refractivity contribution is 7.86. The summed E-state index contributed by atoms with van der Waals surface area (Å²) in [6, 6.07) is 0. The van der Waals surface area contributed by atoms with E-state index in [1.807, 2.05) is 6.92 Å². The molecule has 0 fully saturated rings. The Bertz CT molecular complexity index is 1740. The molecular weight excluding hydrogens is 735 g/mol. The van der Waals surface area contributed by atoms with Crippen molar-refractivity contribution >= 4 is 55.7 Å². The fourth-order valence-corrected chi connectivity index (χ4v) is 5.03. The zero-order chi connectivity index (χ0) is 38.7. The van der Waals surface area contributed by atoms with Crippen LogP contribution in [0.3, 0.4) is 0 Å². The first-order chi connectivity index (χ1) is 23.0. The number of ether oxygens (including phenoxy) is 1. The Balaban J connectivity index is 0.000000493. The Morgan fingerprint density at radius 1 is 0.720 bits per heavy atom. The van der Waals surface area contributed by atoms with Crippen LogP contribution < -0.4 is 15.8 Å². The van der Waals surface area contributed by atoms with Crippen LogP contribution >= 0.6 is 0 Å². The number of hydrogen-bond acceptors (Lipinski definition) is 12. The predicted octanol–water partition coefficient (Wildman–Crippen LogP) is -0.482. The minimum atomic E-state index is -5.10. The van der Waals surface area contributed by atoms with Gasteiger partial charge >= 0.3 is 5.97 Å². The first-order valence-corrected chi connectivity index (χ1v) is 16.7. The number of hydrogen-bond donors (Lipinski definition) is 4. The smallest absolute Gasteiger partial charge is 0.312 e. The van der Waals surface area contributed by atoms with Crippen LogP contribution in [0, 0.1) is 29.1 Å².